The van der Waals surface area contributed by atoms with Crippen LogP contribution in [0.25, 0.3) is 0 Å². The van der Waals surface area contributed by atoms with Gasteiger partial charge in [-0.3, -0.25) is 4.79 Å². The number of amides is 1. The van der Waals surface area contributed by atoms with E-state index in [-0.39, 0.29) is 12.5 Å². The highest BCUT2D eigenvalue weighted by Crippen LogP contribution is 2.25. The lowest BCUT2D eigenvalue weighted by Gasteiger charge is -2.16. The van der Waals surface area contributed by atoms with Crippen LogP contribution in [-0.2, 0) is 17.6 Å². The molecule has 20 heavy (non-hydrogen) atoms. The summed E-state index contributed by atoms with van der Waals surface area (Å²) in [7, 11) is 3.96. The molecule has 0 saturated carbocycles. The van der Waals surface area contributed by atoms with E-state index < -0.39 is 0 Å². The van der Waals surface area contributed by atoms with E-state index in [1.54, 1.807) is 0 Å². The van der Waals surface area contributed by atoms with Crippen molar-refractivity contribution < 1.29 is 9.53 Å². The van der Waals surface area contributed by atoms with Crippen molar-refractivity contribution in [1.29, 1.82) is 0 Å². The molecule has 2 rings (SSSR count). The van der Waals surface area contributed by atoms with Crippen molar-refractivity contribution in [2.45, 2.75) is 25.7 Å². The zero-order valence-electron chi connectivity index (χ0n) is 12.4. The maximum Gasteiger partial charge on any atom is 0.257 e. The van der Waals surface area contributed by atoms with E-state index in [1.807, 2.05) is 25.1 Å². The van der Waals surface area contributed by atoms with Crippen LogP contribution in [0.2, 0.25) is 0 Å². The molecule has 0 aliphatic heterocycles. The highest BCUT2D eigenvalue weighted by molar-refractivity contribution is 5.77. The number of carbonyl (C=O) groups excluding carboxylic acids is 1. The highest BCUT2D eigenvalue weighted by atomic mass is 16.5. The van der Waals surface area contributed by atoms with Crippen LogP contribution in [0, 0.1) is 0 Å². The van der Waals surface area contributed by atoms with E-state index in [0.29, 0.717) is 6.54 Å². The highest BCUT2D eigenvalue weighted by Gasteiger charge is 2.10. The van der Waals surface area contributed by atoms with Gasteiger partial charge in [0, 0.05) is 13.1 Å². The van der Waals surface area contributed by atoms with Gasteiger partial charge >= 0.3 is 0 Å². The molecule has 0 heterocycles. The van der Waals surface area contributed by atoms with Crippen molar-refractivity contribution in [2.75, 3.05) is 33.8 Å². The molecule has 1 aromatic rings. The largest absolute Gasteiger partial charge is 0.484 e. The molecular formula is C16H24N2O2. The maximum atomic E-state index is 11.6. The van der Waals surface area contributed by atoms with Gasteiger partial charge in [0.2, 0.25) is 0 Å². The lowest BCUT2D eigenvalue weighted by Crippen LogP contribution is -2.34. The Hall–Kier alpha value is -1.55. The summed E-state index contributed by atoms with van der Waals surface area (Å²) in [5.41, 5.74) is 2.81. The number of carbonyl (C=O) groups is 1. The van der Waals surface area contributed by atoms with Crippen molar-refractivity contribution in [3.8, 4) is 5.75 Å². The van der Waals surface area contributed by atoms with Gasteiger partial charge in [0.1, 0.15) is 5.75 Å². The van der Waals surface area contributed by atoms with Gasteiger partial charge in [-0.2, -0.15) is 0 Å². The Morgan fingerprint density at radius 3 is 2.75 bits per heavy atom. The first kappa shape index (κ1) is 14.9. The topological polar surface area (TPSA) is 41.6 Å². The van der Waals surface area contributed by atoms with Gasteiger partial charge in [-0.25, -0.2) is 0 Å². The Labute approximate surface area is 121 Å². The van der Waals surface area contributed by atoms with Gasteiger partial charge in [-0.15, -0.1) is 0 Å². The molecule has 1 amide bonds. The smallest absolute Gasteiger partial charge is 0.257 e. The Bertz CT molecular complexity index is 458. The molecule has 1 aromatic carbocycles. The van der Waals surface area contributed by atoms with Gasteiger partial charge in [0.05, 0.1) is 0 Å². The standard InChI is InChI=1S/C16H24N2O2/c1-18(2)10-9-17-16(19)12-20-15-8-7-13-5-3-4-6-14(13)11-15/h7-8,11H,3-6,9-10,12H2,1-2H3,(H,17,19). The first-order chi connectivity index (χ1) is 9.65. The minimum Gasteiger partial charge on any atom is -0.484 e. The number of nitrogens with zero attached hydrogens (tertiary/aromatic N) is 1. The molecule has 0 bridgehead atoms. The summed E-state index contributed by atoms with van der Waals surface area (Å²) in [5, 5.41) is 2.84. The molecule has 1 aliphatic carbocycles. The number of fused-ring (bicyclic) bond motifs is 1. The molecule has 0 spiro atoms. The lowest BCUT2D eigenvalue weighted by atomic mass is 9.92. The lowest BCUT2D eigenvalue weighted by molar-refractivity contribution is -0.123. The van der Waals surface area contributed by atoms with Crippen LogP contribution < -0.4 is 10.1 Å². The molecule has 0 saturated heterocycles. The van der Waals surface area contributed by atoms with Crippen molar-refractivity contribution in [2.24, 2.45) is 0 Å². The Balaban J connectivity index is 1.77. The van der Waals surface area contributed by atoms with Gasteiger partial charge in [-0.05, 0) is 63.0 Å². The first-order valence-corrected chi connectivity index (χ1v) is 7.31. The molecule has 4 heteroatoms. The third-order valence-electron chi connectivity index (χ3n) is 3.57. The summed E-state index contributed by atoms with van der Waals surface area (Å²) < 4.78 is 5.57. The first-order valence-electron chi connectivity index (χ1n) is 7.31. The van der Waals surface area contributed by atoms with Crippen LogP contribution in [0.5, 0.6) is 5.75 Å². The number of aryl methyl sites for hydroxylation is 2. The van der Waals surface area contributed by atoms with Gasteiger partial charge in [0.25, 0.3) is 5.91 Å². The Morgan fingerprint density at radius 1 is 1.25 bits per heavy atom. The third-order valence-corrected chi connectivity index (χ3v) is 3.57. The second-order valence-electron chi connectivity index (χ2n) is 5.58. The van der Waals surface area contributed by atoms with Crippen LogP contribution in [-0.4, -0.2) is 44.6 Å². The van der Waals surface area contributed by atoms with Gasteiger partial charge in [0.15, 0.2) is 6.61 Å². The molecule has 1 N–H and O–H groups in total. The summed E-state index contributed by atoms with van der Waals surface area (Å²) in [6, 6.07) is 6.19. The zero-order valence-corrected chi connectivity index (χ0v) is 12.4. The monoisotopic (exact) mass is 276 g/mol. The van der Waals surface area contributed by atoms with E-state index in [1.165, 1.54) is 30.4 Å². The van der Waals surface area contributed by atoms with Gasteiger partial charge in [-0.1, -0.05) is 6.07 Å². The molecular weight excluding hydrogens is 252 g/mol. The third kappa shape index (κ3) is 4.53. The second kappa shape index (κ2) is 7.29. The predicted molar refractivity (Wildman–Crippen MR) is 80.1 cm³/mol. The average molecular weight is 276 g/mol. The van der Waals surface area contributed by atoms with E-state index in [0.717, 1.165) is 18.7 Å². The van der Waals surface area contributed by atoms with Crippen LogP contribution in [0.15, 0.2) is 18.2 Å². The van der Waals surface area contributed by atoms with Crippen LogP contribution in [0.1, 0.15) is 24.0 Å². The van der Waals surface area contributed by atoms with Crippen molar-refractivity contribution in [1.82, 2.24) is 10.2 Å². The quantitative estimate of drug-likeness (QED) is 0.858. The molecule has 1 aliphatic rings. The molecule has 0 aromatic heterocycles. The van der Waals surface area contributed by atoms with Crippen LogP contribution >= 0.6 is 0 Å². The molecule has 110 valence electrons. The molecule has 0 unspecified atom stereocenters. The number of benzene rings is 1. The number of ether oxygens (including phenoxy) is 1. The molecule has 4 nitrogen and oxygen atoms in total. The summed E-state index contributed by atoms with van der Waals surface area (Å²) in [6.45, 7) is 1.58. The summed E-state index contributed by atoms with van der Waals surface area (Å²) in [4.78, 5) is 13.7. The number of hydrogen-bond donors (Lipinski definition) is 1. The SMILES string of the molecule is CN(C)CCNC(=O)COc1ccc2c(c1)CCCC2. The molecule has 0 fully saturated rings. The predicted octanol–water partition coefficient (Wildman–Crippen LogP) is 1.62. The summed E-state index contributed by atoms with van der Waals surface area (Å²) in [5.74, 6) is 0.734. The fourth-order valence-electron chi connectivity index (χ4n) is 2.42. The number of likely N-dealkylation sites (N-methyl/N-ethyl adjacent to an activating group) is 1. The second-order valence-corrected chi connectivity index (χ2v) is 5.58. The normalized spacial score (nSPS) is 13.9. The van der Waals surface area contributed by atoms with Crippen molar-refractivity contribution >= 4 is 5.91 Å². The number of rotatable bonds is 6. The molecule has 0 radical (unpaired) electrons. The van der Waals surface area contributed by atoms with E-state index in [2.05, 4.69) is 17.4 Å². The number of nitrogens with one attached hydrogen (secondary N) is 1. The Morgan fingerprint density at radius 2 is 2.00 bits per heavy atom. The average Bonchev–Trinajstić information content (AvgIpc) is 2.44. The van der Waals surface area contributed by atoms with Crippen molar-refractivity contribution in [3.05, 3.63) is 29.3 Å². The zero-order chi connectivity index (χ0) is 14.4. The summed E-state index contributed by atoms with van der Waals surface area (Å²) >= 11 is 0. The minimum absolute atomic E-state index is 0.0652. The van der Waals surface area contributed by atoms with Crippen LogP contribution in [0.3, 0.4) is 0 Å². The fourth-order valence-corrected chi connectivity index (χ4v) is 2.42. The summed E-state index contributed by atoms with van der Waals surface area (Å²) in [6.07, 6.45) is 4.82. The van der Waals surface area contributed by atoms with E-state index >= 15 is 0 Å². The fraction of sp³-hybridized carbons (Fsp3) is 0.562. The van der Waals surface area contributed by atoms with Crippen LogP contribution in [0.4, 0.5) is 0 Å². The van der Waals surface area contributed by atoms with Gasteiger partial charge < -0.3 is 15.0 Å². The van der Waals surface area contributed by atoms with E-state index in [9.17, 15) is 4.79 Å². The Kier molecular flexibility index (Phi) is 5.41. The minimum atomic E-state index is -0.0652. The maximum absolute atomic E-state index is 11.6. The number of hydrogen-bond acceptors (Lipinski definition) is 3. The van der Waals surface area contributed by atoms with E-state index in [4.69, 9.17) is 4.74 Å². The molecule has 0 atom stereocenters. The van der Waals surface area contributed by atoms with Crippen molar-refractivity contribution in [3.63, 3.8) is 0 Å².